The van der Waals surface area contributed by atoms with Crippen molar-refractivity contribution in [1.29, 1.82) is 0 Å². The molecule has 2 aromatic rings. The number of hydrogen-bond acceptors (Lipinski definition) is 7. The van der Waals surface area contributed by atoms with Crippen LogP contribution in [0.1, 0.15) is 19.8 Å². The molecule has 1 atom stereocenters. The van der Waals surface area contributed by atoms with Crippen LogP contribution in [0.3, 0.4) is 0 Å². The Kier molecular flexibility index (Phi) is 5.18. The van der Waals surface area contributed by atoms with Crippen LogP contribution in [0, 0.1) is 5.92 Å². The summed E-state index contributed by atoms with van der Waals surface area (Å²) in [5, 5.41) is 12.6. The van der Waals surface area contributed by atoms with E-state index in [9.17, 15) is 9.59 Å². The molecule has 28 heavy (non-hydrogen) atoms. The fourth-order valence-electron chi connectivity index (χ4n) is 3.82. The largest absolute Gasteiger partial charge is 0.354 e. The van der Waals surface area contributed by atoms with Crippen LogP contribution in [0.15, 0.2) is 24.8 Å². The van der Waals surface area contributed by atoms with Crippen LogP contribution in [0.5, 0.6) is 0 Å². The molecule has 0 aromatic carbocycles. The van der Waals surface area contributed by atoms with Crippen LogP contribution in [-0.2, 0) is 9.59 Å². The number of nitrogens with zero attached hydrogens (tertiary/aromatic N) is 8. The summed E-state index contributed by atoms with van der Waals surface area (Å²) in [7, 11) is 0. The monoisotopic (exact) mass is 384 g/mol. The SMILES string of the molecule is CC(=O)N1CCN(C(=O)C2CCCN(c3ccc(-n4cncn4)nn3)C2)CC1. The Hall–Kier alpha value is -3.04. The van der Waals surface area contributed by atoms with Gasteiger partial charge >= 0.3 is 0 Å². The Morgan fingerprint density at radius 2 is 1.71 bits per heavy atom. The molecule has 2 amide bonds. The number of anilines is 1. The first-order valence-electron chi connectivity index (χ1n) is 9.60. The lowest BCUT2D eigenvalue weighted by atomic mass is 9.96. The van der Waals surface area contributed by atoms with Crippen molar-refractivity contribution in [2.75, 3.05) is 44.2 Å². The van der Waals surface area contributed by atoms with E-state index in [2.05, 4.69) is 25.2 Å². The number of carbonyl (C=O) groups excluding carboxylic acids is 2. The van der Waals surface area contributed by atoms with E-state index in [1.165, 1.54) is 6.33 Å². The highest BCUT2D eigenvalue weighted by Gasteiger charge is 2.32. The number of carbonyl (C=O) groups is 2. The minimum absolute atomic E-state index is 0.0468. The van der Waals surface area contributed by atoms with Crippen LogP contribution in [-0.4, -0.2) is 85.8 Å². The summed E-state index contributed by atoms with van der Waals surface area (Å²) >= 11 is 0. The fraction of sp³-hybridized carbons (Fsp3) is 0.556. The second-order valence-corrected chi connectivity index (χ2v) is 7.21. The number of hydrogen-bond donors (Lipinski definition) is 0. The minimum Gasteiger partial charge on any atom is -0.354 e. The summed E-state index contributed by atoms with van der Waals surface area (Å²) in [6.45, 7) is 5.54. The average Bonchev–Trinajstić information content (AvgIpc) is 3.28. The van der Waals surface area contributed by atoms with Gasteiger partial charge in [-0.1, -0.05) is 0 Å². The predicted octanol–water partition coefficient (Wildman–Crippen LogP) is -0.0356. The quantitative estimate of drug-likeness (QED) is 0.732. The maximum Gasteiger partial charge on any atom is 0.227 e. The van der Waals surface area contributed by atoms with Gasteiger partial charge in [-0.05, 0) is 25.0 Å². The second kappa shape index (κ2) is 7.91. The van der Waals surface area contributed by atoms with Gasteiger partial charge in [-0.25, -0.2) is 9.67 Å². The maximum atomic E-state index is 13.0. The zero-order valence-corrected chi connectivity index (χ0v) is 15.9. The van der Waals surface area contributed by atoms with Crippen molar-refractivity contribution in [2.45, 2.75) is 19.8 Å². The molecule has 10 heteroatoms. The zero-order chi connectivity index (χ0) is 19.5. The predicted molar refractivity (Wildman–Crippen MR) is 101 cm³/mol. The zero-order valence-electron chi connectivity index (χ0n) is 15.9. The first kappa shape index (κ1) is 18.3. The van der Waals surface area contributed by atoms with Gasteiger partial charge < -0.3 is 14.7 Å². The minimum atomic E-state index is -0.0468. The van der Waals surface area contributed by atoms with Gasteiger partial charge in [-0.3, -0.25) is 9.59 Å². The lowest BCUT2D eigenvalue weighted by Gasteiger charge is -2.39. The number of piperidine rings is 1. The van der Waals surface area contributed by atoms with Gasteiger partial charge in [0.15, 0.2) is 11.6 Å². The molecule has 0 spiro atoms. The van der Waals surface area contributed by atoms with Crippen LogP contribution in [0.25, 0.3) is 5.82 Å². The number of aromatic nitrogens is 5. The van der Waals surface area contributed by atoms with Crippen molar-refractivity contribution in [3.05, 3.63) is 24.8 Å². The third kappa shape index (κ3) is 3.80. The van der Waals surface area contributed by atoms with E-state index >= 15 is 0 Å². The molecule has 0 saturated carbocycles. The van der Waals surface area contributed by atoms with Crippen LogP contribution < -0.4 is 4.90 Å². The highest BCUT2D eigenvalue weighted by molar-refractivity contribution is 5.80. The summed E-state index contributed by atoms with van der Waals surface area (Å²) in [5.41, 5.74) is 0. The second-order valence-electron chi connectivity index (χ2n) is 7.21. The molecule has 0 radical (unpaired) electrons. The highest BCUT2D eigenvalue weighted by Crippen LogP contribution is 2.23. The Morgan fingerprint density at radius 1 is 1.00 bits per heavy atom. The molecule has 4 heterocycles. The average molecular weight is 384 g/mol. The van der Waals surface area contributed by atoms with E-state index in [0.717, 1.165) is 25.2 Å². The summed E-state index contributed by atoms with van der Waals surface area (Å²) in [6, 6.07) is 3.76. The van der Waals surface area contributed by atoms with E-state index in [0.29, 0.717) is 38.5 Å². The molecule has 0 bridgehead atoms. The first-order chi connectivity index (χ1) is 13.6. The van der Waals surface area contributed by atoms with Gasteiger partial charge in [-0.15, -0.1) is 10.2 Å². The highest BCUT2D eigenvalue weighted by atomic mass is 16.2. The lowest BCUT2D eigenvalue weighted by molar-refractivity contribution is -0.141. The Labute approximate surface area is 163 Å². The summed E-state index contributed by atoms with van der Waals surface area (Å²) < 4.78 is 1.56. The van der Waals surface area contributed by atoms with Crippen molar-refractivity contribution >= 4 is 17.6 Å². The molecule has 4 rings (SSSR count). The van der Waals surface area contributed by atoms with E-state index in [4.69, 9.17) is 0 Å². The molecule has 2 saturated heterocycles. The molecular formula is C18H24N8O2. The molecule has 1 unspecified atom stereocenters. The summed E-state index contributed by atoms with van der Waals surface area (Å²) in [5.74, 6) is 1.58. The van der Waals surface area contributed by atoms with E-state index in [-0.39, 0.29) is 17.7 Å². The molecular weight excluding hydrogens is 360 g/mol. The van der Waals surface area contributed by atoms with Crippen molar-refractivity contribution in [1.82, 2.24) is 34.8 Å². The van der Waals surface area contributed by atoms with E-state index in [1.807, 2.05) is 17.0 Å². The van der Waals surface area contributed by atoms with Crippen molar-refractivity contribution in [3.8, 4) is 5.82 Å². The lowest BCUT2D eigenvalue weighted by Crippen LogP contribution is -2.53. The van der Waals surface area contributed by atoms with Crippen LogP contribution in [0.4, 0.5) is 5.82 Å². The summed E-state index contributed by atoms with van der Waals surface area (Å²) in [4.78, 5) is 34.1. The fourth-order valence-corrected chi connectivity index (χ4v) is 3.82. The van der Waals surface area contributed by atoms with Gasteiger partial charge in [0.2, 0.25) is 11.8 Å². The number of amides is 2. The molecule has 0 N–H and O–H groups in total. The normalized spacial score (nSPS) is 20.3. The van der Waals surface area contributed by atoms with Gasteiger partial charge in [-0.2, -0.15) is 5.10 Å². The third-order valence-corrected chi connectivity index (χ3v) is 5.42. The van der Waals surface area contributed by atoms with Crippen molar-refractivity contribution in [2.24, 2.45) is 5.92 Å². The van der Waals surface area contributed by atoms with Crippen molar-refractivity contribution < 1.29 is 9.59 Å². The smallest absolute Gasteiger partial charge is 0.227 e. The van der Waals surface area contributed by atoms with Crippen LogP contribution in [0.2, 0.25) is 0 Å². The Bertz CT molecular complexity index is 815. The standard InChI is InChI=1S/C18H24N8O2/c1-14(27)23-7-9-24(10-8-23)18(28)15-3-2-6-25(11-15)16-4-5-17(22-21-16)26-13-19-12-20-26/h4-5,12-13,15H,2-3,6-11H2,1H3. The van der Waals surface area contributed by atoms with Gasteiger partial charge in [0.25, 0.3) is 0 Å². The first-order valence-corrected chi connectivity index (χ1v) is 9.60. The topological polar surface area (TPSA) is 100 Å². The summed E-state index contributed by atoms with van der Waals surface area (Å²) in [6.07, 6.45) is 4.85. The molecule has 0 aliphatic carbocycles. The molecule has 2 aliphatic rings. The molecule has 2 aliphatic heterocycles. The van der Waals surface area contributed by atoms with Crippen molar-refractivity contribution in [3.63, 3.8) is 0 Å². The van der Waals surface area contributed by atoms with Gasteiger partial charge in [0, 0.05) is 46.2 Å². The molecule has 10 nitrogen and oxygen atoms in total. The Balaban J connectivity index is 1.38. The number of piperazine rings is 1. The molecule has 148 valence electrons. The Morgan fingerprint density at radius 3 is 2.36 bits per heavy atom. The third-order valence-electron chi connectivity index (χ3n) is 5.42. The van der Waals surface area contributed by atoms with Crippen LogP contribution >= 0.6 is 0 Å². The molecule has 2 aromatic heterocycles. The van der Waals surface area contributed by atoms with Gasteiger partial charge in [0.05, 0.1) is 5.92 Å². The number of rotatable bonds is 3. The molecule has 2 fully saturated rings. The van der Waals surface area contributed by atoms with Gasteiger partial charge in [0.1, 0.15) is 12.7 Å². The van der Waals surface area contributed by atoms with E-state index in [1.54, 1.807) is 22.8 Å². The maximum absolute atomic E-state index is 13.0. The van der Waals surface area contributed by atoms with E-state index < -0.39 is 0 Å².